The summed E-state index contributed by atoms with van der Waals surface area (Å²) >= 11 is 6.01. The van der Waals surface area contributed by atoms with Crippen LogP contribution in [-0.2, 0) is 6.42 Å². The summed E-state index contributed by atoms with van der Waals surface area (Å²) in [4.78, 5) is 0. The van der Waals surface area contributed by atoms with E-state index in [1.165, 1.54) is 6.07 Å². The van der Waals surface area contributed by atoms with Crippen LogP contribution in [0.5, 0.6) is 5.75 Å². The molecule has 0 aliphatic rings. The molecule has 0 bridgehead atoms. The molecule has 5 heteroatoms. The topological polar surface area (TPSA) is 21.3 Å². The first kappa shape index (κ1) is 15.7. The molecule has 0 fully saturated rings. The number of halogens is 3. The molecule has 0 aromatic heterocycles. The zero-order chi connectivity index (χ0) is 15.4. The Kier molecular flexibility index (Phi) is 5.15. The van der Waals surface area contributed by atoms with Gasteiger partial charge < -0.3 is 10.1 Å². The molecule has 0 spiro atoms. The van der Waals surface area contributed by atoms with Gasteiger partial charge in [-0.2, -0.15) is 0 Å². The molecule has 0 radical (unpaired) electrons. The Bertz CT molecular complexity index is 634. The highest BCUT2D eigenvalue weighted by Crippen LogP contribution is 2.28. The minimum atomic E-state index is -0.856. The van der Waals surface area contributed by atoms with Gasteiger partial charge in [0.2, 0.25) is 0 Å². The highest BCUT2D eigenvalue weighted by Gasteiger charge is 2.15. The van der Waals surface area contributed by atoms with Crippen LogP contribution in [-0.4, -0.2) is 14.2 Å². The molecule has 0 saturated carbocycles. The van der Waals surface area contributed by atoms with E-state index in [9.17, 15) is 8.78 Å². The van der Waals surface area contributed by atoms with Crippen molar-refractivity contribution in [1.29, 1.82) is 0 Å². The lowest BCUT2D eigenvalue weighted by molar-refractivity contribution is 0.406. The van der Waals surface area contributed by atoms with Crippen molar-refractivity contribution >= 4 is 11.6 Å². The molecule has 0 amide bonds. The molecule has 0 heterocycles. The number of benzene rings is 2. The van der Waals surface area contributed by atoms with Crippen molar-refractivity contribution in [3.05, 3.63) is 64.2 Å². The van der Waals surface area contributed by atoms with Crippen LogP contribution in [0.2, 0.25) is 5.02 Å². The molecule has 0 aliphatic heterocycles. The third-order valence-corrected chi connectivity index (χ3v) is 3.60. The molecule has 2 rings (SSSR count). The molecular formula is C16H16ClF2NO. The third-order valence-electron chi connectivity index (χ3n) is 3.36. The predicted octanol–water partition coefficient (Wildman–Crippen LogP) is 4.13. The second kappa shape index (κ2) is 6.87. The number of hydrogen-bond acceptors (Lipinski definition) is 2. The molecule has 21 heavy (non-hydrogen) atoms. The second-order valence-corrected chi connectivity index (χ2v) is 5.11. The molecule has 1 atom stereocenters. The Morgan fingerprint density at radius 3 is 2.52 bits per heavy atom. The lowest BCUT2D eigenvalue weighted by Gasteiger charge is -2.19. The van der Waals surface area contributed by atoms with E-state index >= 15 is 0 Å². The van der Waals surface area contributed by atoms with E-state index in [0.717, 1.165) is 11.6 Å². The van der Waals surface area contributed by atoms with Crippen LogP contribution < -0.4 is 10.1 Å². The van der Waals surface area contributed by atoms with Crippen molar-refractivity contribution in [3.63, 3.8) is 0 Å². The average molecular weight is 312 g/mol. The van der Waals surface area contributed by atoms with Gasteiger partial charge in [0.05, 0.1) is 7.11 Å². The standard InChI is InChI=1S/C16H16ClF2NO/c1-20-15(10-3-5-13(18)14(19)8-10)9-11-7-12(17)4-6-16(11)21-2/h3-8,15,20H,9H2,1-2H3. The molecule has 0 saturated heterocycles. The molecule has 112 valence electrons. The second-order valence-electron chi connectivity index (χ2n) is 4.68. The van der Waals surface area contributed by atoms with Crippen LogP contribution in [0.15, 0.2) is 36.4 Å². The van der Waals surface area contributed by atoms with Crippen LogP contribution in [0.3, 0.4) is 0 Å². The maximum Gasteiger partial charge on any atom is 0.159 e. The van der Waals surface area contributed by atoms with E-state index in [-0.39, 0.29) is 6.04 Å². The monoisotopic (exact) mass is 311 g/mol. The highest BCUT2D eigenvalue weighted by molar-refractivity contribution is 6.30. The normalized spacial score (nSPS) is 12.2. The van der Waals surface area contributed by atoms with E-state index in [1.54, 1.807) is 32.4 Å². The van der Waals surface area contributed by atoms with Gasteiger partial charge in [0, 0.05) is 11.1 Å². The SMILES string of the molecule is CNC(Cc1cc(Cl)ccc1OC)c1ccc(F)c(F)c1. The molecule has 1 N–H and O–H groups in total. The minimum Gasteiger partial charge on any atom is -0.496 e. The third kappa shape index (κ3) is 3.71. The van der Waals surface area contributed by atoms with Gasteiger partial charge in [-0.1, -0.05) is 17.7 Å². The Hall–Kier alpha value is -1.65. The molecule has 2 nitrogen and oxygen atoms in total. The average Bonchev–Trinajstić information content (AvgIpc) is 2.48. The summed E-state index contributed by atoms with van der Waals surface area (Å²) in [5.74, 6) is -0.998. The van der Waals surface area contributed by atoms with Crippen LogP contribution in [0.1, 0.15) is 17.2 Å². The summed E-state index contributed by atoms with van der Waals surface area (Å²) in [6.45, 7) is 0. The van der Waals surface area contributed by atoms with Crippen molar-refractivity contribution in [2.75, 3.05) is 14.2 Å². The van der Waals surface area contributed by atoms with E-state index in [2.05, 4.69) is 5.32 Å². The van der Waals surface area contributed by atoms with Crippen molar-refractivity contribution in [2.45, 2.75) is 12.5 Å². The van der Waals surface area contributed by atoms with Gasteiger partial charge in [0.15, 0.2) is 11.6 Å². The fourth-order valence-electron chi connectivity index (χ4n) is 2.24. The summed E-state index contributed by atoms with van der Waals surface area (Å²) in [6.07, 6.45) is 0.547. The predicted molar refractivity (Wildman–Crippen MR) is 79.9 cm³/mol. The van der Waals surface area contributed by atoms with Crippen molar-refractivity contribution in [1.82, 2.24) is 5.32 Å². The van der Waals surface area contributed by atoms with E-state index in [4.69, 9.17) is 16.3 Å². The first-order valence-corrected chi connectivity index (χ1v) is 6.87. The molecule has 0 aliphatic carbocycles. The first-order valence-electron chi connectivity index (χ1n) is 6.49. The van der Waals surface area contributed by atoms with E-state index in [0.29, 0.717) is 22.8 Å². The van der Waals surface area contributed by atoms with E-state index < -0.39 is 11.6 Å². The Morgan fingerprint density at radius 1 is 1.14 bits per heavy atom. The van der Waals surface area contributed by atoms with Gasteiger partial charge in [0.1, 0.15) is 5.75 Å². The molecule has 2 aromatic carbocycles. The van der Waals surface area contributed by atoms with Gasteiger partial charge >= 0.3 is 0 Å². The first-order chi connectivity index (χ1) is 10.0. The molecule has 1 unspecified atom stereocenters. The quantitative estimate of drug-likeness (QED) is 0.896. The van der Waals surface area contributed by atoms with Crippen LogP contribution in [0.25, 0.3) is 0 Å². The van der Waals surface area contributed by atoms with Crippen LogP contribution in [0, 0.1) is 11.6 Å². The summed E-state index contributed by atoms with van der Waals surface area (Å²) in [5, 5.41) is 3.70. The molecular weight excluding hydrogens is 296 g/mol. The number of rotatable bonds is 5. The fourth-order valence-corrected chi connectivity index (χ4v) is 2.44. The fraction of sp³-hybridized carbons (Fsp3) is 0.250. The summed E-state index contributed by atoms with van der Waals surface area (Å²) in [5.41, 5.74) is 1.56. The van der Waals surface area contributed by atoms with Crippen LogP contribution in [0.4, 0.5) is 8.78 Å². The maximum atomic E-state index is 13.4. The zero-order valence-corrected chi connectivity index (χ0v) is 12.5. The number of methoxy groups -OCH3 is 1. The summed E-state index contributed by atoms with van der Waals surface area (Å²) in [6, 6.07) is 9.07. The smallest absolute Gasteiger partial charge is 0.159 e. The maximum absolute atomic E-state index is 13.4. The summed E-state index contributed by atoms with van der Waals surface area (Å²) in [7, 11) is 3.35. The zero-order valence-electron chi connectivity index (χ0n) is 11.8. The van der Waals surface area contributed by atoms with Gasteiger partial charge in [-0.25, -0.2) is 8.78 Å². The number of nitrogens with one attached hydrogen (secondary N) is 1. The van der Waals surface area contributed by atoms with Gasteiger partial charge in [-0.3, -0.25) is 0 Å². The van der Waals surface area contributed by atoms with Gasteiger partial charge in [-0.05, 0) is 54.9 Å². The van der Waals surface area contributed by atoms with Crippen LogP contribution >= 0.6 is 11.6 Å². The number of ether oxygens (including phenoxy) is 1. The minimum absolute atomic E-state index is 0.174. The number of hydrogen-bond donors (Lipinski definition) is 1. The van der Waals surface area contributed by atoms with Crippen molar-refractivity contribution in [2.24, 2.45) is 0 Å². The lowest BCUT2D eigenvalue weighted by atomic mass is 9.98. The lowest BCUT2D eigenvalue weighted by Crippen LogP contribution is -2.19. The van der Waals surface area contributed by atoms with Crippen molar-refractivity contribution in [3.8, 4) is 5.75 Å². The largest absolute Gasteiger partial charge is 0.496 e. The van der Waals surface area contributed by atoms with Crippen molar-refractivity contribution < 1.29 is 13.5 Å². The Morgan fingerprint density at radius 2 is 1.90 bits per heavy atom. The Balaban J connectivity index is 2.30. The van der Waals surface area contributed by atoms with Gasteiger partial charge in [0.25, 0.3) is 0 Å². The highest BCUT2D eigenvalue weighted by atomic mass is 35.5. The van der Waals surface area contributed by atoms with Gasteiger partial charge in [-0.15, -0.1) is 0 Å². The molecule has 2 aromatic rings. The number of likely N-dealkylation sites (N-methyl/N-ethyl adjacent to an activating group) is 1. The Labute approximate surface area is 127 Å². The van der Waals surface area contributed by atoms with E-state index in [1.807, 2.05) is 6.07 Å². The summed E-state index contributed by atoms with van der Waals surface area (Å²) < 4.78 is 31.7.